The summed E-state index contributed by atoms with van der Waals surface area (Å²) in [6.45, 7) is 0. The molecule has 0 amide bonds. The lowest BCUT2D eigenvalue weighted by atomic mass is 10.4. The van der Waals surface area contributed by atoms with Crippen LogP contribution in [0.2, 0.25) is 0 Å². The molecule has 2 aromatic heterocycles. The van der Waals surface area contributed by atoms with Crippen LogP contribution in [0.4, 0.5) is 5.95 Å². The number of rotatable bonds is 6. The Kier molecular flexibility index (Phi) is 4.91. The van der Waals surface area contributed by atoms with Gasteiger partial charge in [-0.15, -0.1) is 0 Å². The predicted molar refractivity (Wildman–Crippen MR) is 95.1 cm³/mol. The molecular weight excluding hydrogens is 394 g/mol. The quantitative estimate of drug-likeness (QED) is 0.605. The second-order valence-corrected chi connectivity index (χ2v) is 9.15. The first-order valence-electron chi connectivity index (χ1n) is 7.45. The Hall–Kier alpha value is -2.90. The van der Waals surface area contributed by atoms with E-state index in [1.54, 1.807) is 6.07 Å². The molecule has 13 heteroatoms. The van der Waals surface area contributed by atoms with Crippen LogP contribution in [0.15, 0.2) is 58.8 Å². The van der Waals surface area contributed by atoms with Crippen LogP contribution in [0.1, 0.15) is 0 Å². The van der Waals surface area contributed by atoms with Crippen molar-refractivity contribution in [1.29, 1.82) is 0 Å². The number of aromatic nitrogens is 5. The minimum Gasteiger partial charge on any atom is -0.247 e. The number of anilines is 1. The van der Waals surface area contributed by atoms with E-state index in [9.17, 15) is 16.8 Å². The van der Waals surface area contributed by atoms with E-state index in [1.165, 1.54) is 50.8 Å². The van der Waals surface area contributed by atoms with E-state index in [0.29, 0.717) is 0 Å². The van der Waals surface area contributed by atoms with Crippen LogP contribution >= 0.6 is 0 Å². The molecule has 1 aromatic carbocycles. The summed E-state index contributed by atoms with van der Waals surface area (Å²) in [7, 11) is -5.65. The highest BCUT2D eigenvalue weighted by atomic mass is 32.2. The van der Waals surface area contributed by atoms with Crippen LogP contribution in [-0.2, 0) is 20.0 Å². The molecule has 0 radical (unpaired) electrons. The van der Waals surface area contributed by atoms with Gasteiger partial charge in [-0.3, -0.25) is 0 Å². The van der Waals surface area contributed by atoms with E-state index in [2.05, 4.69) is 24.8 Å². The molecule has 0 fully saturated rings. The van der Waals surface area contributed by atoms with Gasteiger partial charge >= 0.3 is 0 Å². The highest BCUT2D eigenvalue weighted by Crippen LogP contribution is 2.24. The molecule has 0 saturated carbocycles. The summed E-state index contributed by atoms with van der Waals surface area (Å²) in [4.78, 5) is 11.0. The maximum Gasteiger partial charge on any atom is 0.265 e. The molecule has 0 atom stereocenters. The molecule has 0 aliphatic carbocycles. The summed E-state index contributed by atoms with van der Waals surface area (Å²) in [5.74, 6) is -0.0832. The third kappa shape index (κ3) is 3.65. The van der Waals surface area contributed by atoms with Crippen molar-refractivity contribution in [3.8, 4) is 5.95 Å². The van der Waals surface area contributed by atoms with E-state index in [-0.39, 0.29) is 16.8 Å². The van der Waals surface area contributed by atoms with Crippen LogP contribution in [-0.4, -0.2) is 60.0 Å². The molecule has 0 bridgehead atoms. The normalized spacial score (nSPS) is 12.3. The Morgan fingerprint density at radius 3 is 2.19 bits per heavy atom. The number of hydrogen-bond acceptors (Lipinski definition) is 8. The third-order valence-electron chi connectivity index (χ3n) is 3.41. The molecule has 0 aliphatic rings. The van der Waals surface area contributed by atoms with Gasteiger partial charge in [-0.2, -0.15) is 14.8 Å². The van der Waals surface area contributed by atoms with Gasteiger partial charge in [-0.05, 0) is 18.2 Å². The lowest BCUT2D eigenvalue weighted by molar-refractivity contribution is 0.517. The second kappa shape index (κ2) is 7.02. The van der Waals surface area contributed by atoms with Gasteiger partial charge in [0.25, 0.3) is 16.0 Å². The third-order valence-corrected chi connectivity index (χ3v) is 6.80. The van der Waals surface area contributed by atoms with E-state index < -0.39 is 24.9 Å². The zero-order valence-corrected chi connectivity index (χ0v) is 15.9. The minimum absolute atomic E-state index is 0.0990. The number of benzene rings is 1. The highest BCUT2D eigenvalue weighted by Gasteiger charge is 2.29. The minimum atomic E-state index is -4.30. The maximum absolute atomic E-state index is 12.9. The van der Waals surface area contributed by atoms with Crippen LogP contribution in [0.25, 0.3) is 5.95 Å². The predicted octanol–water partition coefficient (Wildman–Crippen LogP) is 0.108. The molecule has 27 heavy (non-hydrogen) atoms. The molecule has 11 nitrogen and oxygen atoms in total. The summed E-state index contributed by atoms with van der Waals surface area (Å²) in [5.41, 5.74) is 0. The Bertz CT molecular complexity index is 1160. The summed E-state index contributed by atoms with van der Waals surface area (Å²) in [6, 6.07) is 6.87. The molecular formula is C14H15N7O4S2. The van der Waals surface area contributed by atoms with Crippen molar-refractivity contribution < 1.29 is 16.8 Å². The van der Waals surface area contributed by atoms with E-state index in [4.69, 9.17) is 0 Å². The second-order valence-electron chi connectivity index (χ2n) is 5.38. The fourth-order valence-corrected chi connectivity index (χ4v) is 4.81. The monoisotopic (exact) mass is 409 g/mol. The van der Waals surface area contributed by atoms with Crippen LogP contribution in [0.3, 0.4) is 0 Å². The zero-order valence-electron chi connectivity index (χ0n) is 14.3. The van der Waals surface area contributed by atoms with Crippen molar-refractivity contribution in [2.75, 3.05) is 18.8 Å². The SMILES string of the molecule is CN(C)S(=O)(=O)c1ccccc1S(=O)(=O)Nc1ncnn1-c1ncccn1. The van der Waals surface area contributed by atoms with Gasteiger partial charge in [-0.1, -0.05) is 12.1 Å². The fraction of sp³-hybridized carbons (Fsp3) is 0.143. The average Bonchev–Trinajstić information content (AvgIpc) is 3.09. The van der Waals surface area contributed by atoms with Crippen molar-refractivity contribution in [1.82, 2.24) is 29.0 Å². The summed E-state index contributed by atoms with van der Waals surface area (Å²) in [6.07, 6.45) is 4.04. The smallest absolute Gasteiger partial charge is 0.247 e. The van der Waals surface area contributed by atoms with Crippen molar-refractivity contribution in [3.63, 3.8) is 0 Å². The molecule has 1 N–H and O–H groups in total. The van der Waals surface area contributed by atoms with E-state index in [1.807, 2.05) is 0 Å². The molecule has 0 unspecified atom stereocenters. The lowest BCUT2D eigenvalue weighted by Gasteiger charge is -2.15. The Balaban J connectivity index is 2.06. The summed E-state index contributed by atoms with van der Waals surface area (Å²) in [5, 5.41) is 3.89. The summed E-state index contributed by atoms with van der Waals surface area (Å²) < 4.78 is 54.9. The molecule has 2 heterocycles. The first kappa shape index (κ1) is 18.9. The number of nitrogens with one attached hydrogen (secondary N) is 1. The maximum atomic E-state index is 12.9. The zero-order chi connectivity index (χ0) is 19.7. The molecule has 0 saturated heterocycles. The van der Waals surface area contributed by atoms with Crippen LogP contribution in [0, 0.1) is 0 Å². The molecule has 142 valence electrons. The van der Waals surface area contributed by atoms with Gasteiger partial charge in [0.15, 0.2) is 0 Å². The van der Waals surface area contributed by atoms with E-state index in [0.717, 1.165) is 15.3 Å². The number of nitrogens with zero attached hydrogens (tertiary/aromatic N) is 6. The largest absolute Gasteiger partial charge is 0.265 e. The first-order valence-corrected chi connectivity index (χ1v) is 10.4. The average molecular weight is 409 g/mol. The van der Waals surface area contributed by atoms with Gasteiger partial charge < -0.3 is 0 Å². The van der Waals surface area contributed by atoms with Crippen molar-refractivity contribution in [3.05, 3.63) is 49.1 Å². The Morgan fingerprint density at radius 1 is 0.926 bits per heavy atom. The first-order chi connectivity index (χ1) is 12.7. The van der Waals surface area contributed by atoms with Gasteiger partial charge in [0, 0.05) is 26.5 Å². The van der Waals surface area contributed by atoms with Crippen LogP contribution in [0.5, 0.6) is 0 Å². The van der Waals surface area contributed by atoms with E-state index >= 15 is 0 Å². The summed E-state index contributed by atoms with van der Waals surface area (Å²) >= 11 is 0. The topological polar surface area (TPSA) is 140 Å². The lowest BCUT2D eigenvalue weighted by Crippen LogP contribution is -2.26. The van der Waals surface area contributed by atoms with Crippen molar-refractivity contribution >= 4 is 26.0 Å². The molecule has 3 aromatic rings. The van der Waals surface area contributed by atoms with Gasteiger partial charge in [0.1, 0.15) is 16.1 Å². The molecule has 0 aliphatic heterocycles. The van der Waals surface area contributed by atoms with Gasteiger partial charge in [-0.25, -0.2) is 35.8 Å². The molecule has 3 rings (SSSR count). The highest BCUT2D eigenvalue weighted by molar-refractivity contribution is 7.94. The van der Waals surface area contributed by atoms with Gasteiger partial charge in [0.2, 0.25) is 16.0 Å². The standard InChI is InChI=1S/C14H15N7O4S2/c1-20(2)27(24,25)12-7-4-3-6-11(12)26(22,23)19-14-17-10-18-21(14)13-15-8-5-9-16-13/h3-10H,1-2H3,(H,17,18,19). The Morgan fingerprint density at radius 2 is 1.56 bits per heavy atom. The fourth-order valence-electron chi connectivity index (χ4n) is 2.12. The Labute approximate surface area is 155 Å². The number of sulfonamides is 2. The van der Waals surface area contributed by atoms with Crippen LogP contribution < -0.4 is 4.72 Å². The number of hydrogen-bond donors (Lipinski definition) is 1. The van der Waals surface area contributed by atoms with Crippen molar-refractivity contribution in [2.45, 2.75) is 9.79 Å². The molecule has 0 spiro atoms. The van der Waals surface area contributed by atoms with Crippen molar-refractivity contribution in [2.24, 2.45) is 0 Å². The van der Waals surface area contributed by atoms with Gasteiger partial charge in [0.05, 0.1) is 0 Å².